The van der Waals surface area contributed by atoms with Gasteiger partial charge in [0.2, 0.25) is 0 Å². The Morgan fingerprint density at radius 3 is 2.00 bits per heavy atom. The van der Waals surface area contributed by atoms with Gasteiger partial charge in [-0.25, -0.2) is 0 Å². The first kappa shape index (κ1) is 15.3. The van der Waals surface area contributed by atoms with Crippen LogP contribution >= 0.6 is 0 Å². The van der Waals surface area contributed by atoms with Crippen LogP contribution in [-0.2, 0) is 9.31 Å². The van der Waals surface area contributed by atoms with E-state index in [0.29, 0.717) is 0 Å². The van der Waals surface area contributed by atoms with Gasteiger partial charge >= 0.3 is 7.12 Å². The number of hydrogen-bond acceptors (Lipinski definition) is 2. The summed E-state index contributed by atoms with van der Waals surface area (Å²) in [5.41, 5.74) is 1.54. The monoisotopic (exact) mass is 248 g/mol. The lowest BCUT2D eigenvalue weighted by Crippen LogP contribution is -2.41. The van der Waals surface area contributed by atoms with Crippen LogP contribution in [-0.4, -0.2) is 18.3 Å². The minimum Gasteiger partial charge on any atom is -0.399 e. The highest BCUT2D eigenvalue weighted by atomic mass is 16.7. The van der Waals surface area contributed by atoms with Gasteiger partial charge < -0.3 is 9.31 Å². The van der Waals surface area contributed by atoms with Gasteiger partial charge in [0.1, 0.15) is 0 Å². The van der Waals surface area contributed by atoms with Crippen molar-refractivity contribution in [2.45, 2.75) is 59.2 Å². The minimum absolute atomic E-state index is 0.303. The smallest absolute Gasteiger partial charge is 0.399 e. The Morgan fingerprint density at radius 2 is 1.61 bits per heavy atom. The highest BCUT2D eigenvalue weighted by molar-refractivity contribution is 6.55. The Morgan fingerprint density at radius 1 is 1.11 bits per heavy atom. The third kappa shape index (κ3) is 3.15. The molecular weight excluding hydrogens is 223 g/mol. The van der Waals surface area contributed by atoms with Crippen molar-refractivity contribution >= 4 is 7.12 Å². The maximum absolute atomic E-state index is 5.93. The highest BCUT2D eigenvalue weighted by Crippen LogP contribution is 2.38. The minimum atomic E-state index is -0.346. The quantitative estimate of drug-likeness (QED) is 0.551. The first-order chi connectivity index (χ1) is 8.23. The second-order valence-corrected chi connectivity index (χ2v) is 5.71. The van der Waals surface area contributed by atoms with Crippen molar-refractivity contribution in [1.82, 2.24) is 0 Å². The van der Waals surface area contributed by atoms with Crippen LogP contribution in [0.3, 0.4) is 0 Å². The Bertz CT molecular complexity index is 362. The third-order valence-corrected chi connectivity index (χ3v) is 3.85. The molecule has 0 bridgehead atoms. The van der Waals surface area contributed by atoms with Crippen molar-refractivity contribution in [1.29, 1.82) is 0 Å². The molecule has 0 radical (unpaired) electrons. The first-order valence-electron chi connectivity index (χ1n) is 6.61. The summed E-state index contributed by atoms with van der Waals surface area (Å²) in [6.07, 6.45) is 7.19. The van der Waals surface area contributed by atoms with E-state index >= 15 is 0 Å². The van der Waals surface area contributed by atoms with Crippen LogP contribution in [0.1, 0.15) is 48.0 Å². The van der Waals surface area contributed by atoms with Crippen molar-refractivity contribution in [3.8, 4) is 0 Å². The summed E-state index contributed by atoms with van der Waals surface area (Å²) in [5.74, 6) is 0. The first-order valence-corrected chi connectivity index (χ1v) is 6.61. The molecule has 1 saturated heterocycles. The van der Waals surface area contributed by atoms with E-state index in [0.717, 1.165) is 11.9 Å². The van der Waals surface area contributed by atoms with Gasteiger partial charge in [0.25, 0.3) is 0 Å². The van der Waals surface area contributed by atoms with Gasteiger partial charge in [0.05, 0.1) is 11.2 Å². The molecule has 2 nitrogen and oxygen atoms in total. The van der Waals surface area contributed by atoms with Crippen LogP contribution < -0.4 is 0 Å². The zero-order chi connectivity index (χ0) is 14.0. The molecule has 3 heteroatoms. The number of hydrogen-bond donors (Lipinski definition) is 0. The van der Waals surface area contributed by atoms with E-state index in [2.05, 4.69) is 25.7 Å². The molecule has 0 aromatic carbocycles. The molecule has 18 heavy (non-hydrogen) atoms. The molecule has 0 unspecified atom stereocenters. The molecular formula is C15H25BO2. The lowest BCUT2D eigenvalue weighted by molar-refractivity contribution is 0.00578. The largest absolute Gasteiger partial charge is 0.494 e. The van der Waals surface area contributed by atoms with E-state index in [4.69, 9.17) is 9.31 Å². The summed E-state index contributed by atoms with van der Waals surface area (Å²) in [5, 5.41) is 0. The SMILES string of the molecule is C=C(/C=C\C(=C/C)CC)B1OC(C)(C)C(C)(C)O1. The van der Waals surface area contributed by atoms with Crippen molar-refractivity contribution in [3.63, 3.8) is 0 Å². The van der Waals surface area contributed by atoms with Crippen molar-refractivity contribution in [3.05, 3.63) is 35.9 Å². The summed E-state index contributed by atoms with van der Waals surface area (Å²) in [6.45, 7) is 16.4. The van der Waals surface area contributed by atoms with Crippen LogP contribution in [0.25, 0.3) is 0 Å². The molecule has 100 valence electrons. The lowest BCUT2D eigenvalue weighted by atomic mass is 9.79. The van der Waals surface area contributed by atoms with Crippen LogP contribution in [0.5, 0.6) is 0 Å². The molecule has 0 aliphatic carbocycles. The van der Waals surface area contributed by atoms with Crippen molar-refractivity contribution < 1.29 is 9.31 Å². The summed E-state index contributed by atoms with van der Waals surface area (Å²) in [6, 6.07) is 0. The molecule has 1 aliphatic rings. The number of rotatable bonds is 4. The third-order valence-electron chi connectivity index (χ3n) is 3.85. The van der Waals surface area contributed by atoms with Gasteiger partial charge in [-0.2, -0.15) is 0 Å². The van der Waals surface area contributed by atoms with E-state index in [1.165, 1.54) is 5.57 Å². The number of allylic oxidation sites excluding steroid dienone is 5. The normalized spacial score (nSPS) is 22.8. The molecule has 0 N–H and O–H groups in total. The molecule has 0 amide bonds. The summed E-state index contributed by atoms with van der Waals surface area (Å²) >= 11 is 0. The van der Waals surface area contributed by atoms with Crippen LogP contribution in [0.2, 0.25) is 0 Å². The summed E-state index contributed by atoms with van der Waals surface area (Å²) in [7, 11) is -0.346. The molecule has 1 rings (SSSR count). The Labute approximate surface area is 112 Å². The predicted molar refractivity (Wildman–Crippen MR) is 78.4 cm³/mol. The van der Waals surface area contributed by atoms with Crippen LogP contribution in [0.15, 0.2) is 35.9 Å². The van der Waals surface area contributed by atoms with Gasteiger partial charge in [-0.05, 0) is 46.5 Å². The molecule has 1 fully saturated rings. The molecule has 0 aromatic rings. The fourth-order valence-corrected chi connectivity index (χ4v) is 1.71. The Balaban J connectivity index is 2.72. The molecule has 0 atom stereocenters. The summed E-state index contributed by atoms with van der Waals surface area (Å²) in [4.78, 5) is 0. The summed E-state index contributed by atoms with van der Waals surface area (Å²) < 4.78 is 11.9. The van der Waals surface area contributed by atoms with Crippen molar-refractivity contribution in [2.24, 2.45) is 0 Å². The van der Waals surface area contributed by atoms with E-state index in [1.807, 2.05) is 40.7 Å². The van der Waals surface area contributed by atoms with E-state index in [-0.39, 0.29) is 18.3 Å². The highest BCUT2D eigenvalue weighted by Gasteiger charge is 2.51. The molecule has 0 saturated carbocycles. The standard InChI is InChI=1S/C15H25BO2/c1-8-13(9-2)11-10-12(3)16-17-14(4,5)15(6,7)18-16/h8,10-11H,3,9H2,1-2,4-7H3/b11-10-,13-8-. The van der Waals surface area contributed by atoms with Crippen LogP contribution in [0, 0.1) is 0 Å². The van der Waals surface area contributed by atoms with Gasteiger partial charge in [0, 0.05) is 0 Å². The van der Waals surface area contributed by atoms with Gasteiger partial charge in [0.15, 0.2) is 0 Å². The average Bonchev–Trinajstić information content (AvgIpc) is 2.49. The maximum Gasteiger partial charge on any atom is 0.494 e. The van der Waals surface area contributed by atoms with Crippen LogP contribution in [0.4, 0.5) is 0 Å². The van der Waals surface area contributed by atoms with E-state index < -0.39 is 0 Å². The molecule has 1 aliphatic heterocycles. The molecule has 1 heterocycles. The lowest BCUT2D eigenvalue weighted by Gasteiger charge is -2.32. The second-order valence-electron chi connectivity index (χ2n) is 5.71. The van der Waals surface area contributed by atoms with Gasteiger partial charge in [-0.1, -0.05) is 37.3 Å². The molecule has 0 spiro atoms. The maximum atomic E-state index is 5.93. The zero-order valence-electron chi connectivity index (χ0n) is 12.5. The fourth-order valence-electron chi connectivity index (χ4n) is 1.71. The van der Waals surface area contributed by atoms with Gasteiger partial charge in [-0.3, -0.25) is 0 Å². The van der Waals surface area contributed by atoms with E-state index in [9.17, 15) is 0 Å². The van der Waals surface area contributed by atoms with Crippen molar-refractivity contribution in [2.75, 3.05) is 0 Å². The zero-order valence-corrected chi connectivity index (χ0v) is 12.5. The Kier molecular flexibility index (Phi) is 4.63. The van der Waals surface area contributed by atoms with E-state index in [1.54, 1.807) is 0 Å². The predicted octanol–water partition coefficient (Wildman–Crippen LogP) is 4.09. The van der Waals surface area contributed by atoms with Gasteiger partial charge in [-0.15, -0.1) is 0 Å². The Hall–Kier alpha value is -0.795. The average molecular weight is 248 g/mol. The fraction of sp³-hybridized carbons (Fsp3) is 0.600. The second kappa shape index (κ2) is 5.46. The molecule has 0 aromatic heterocycles. The topological polar surface area (TPSA) is 18.5 Å².